The fourth-order valence-electron chi connectivity index (χ4n) is 3.42. The molecule has 0 saturated carbocycles. The van der Waals surface area contributed by atoms with Crippen LogP contribution in [0.25, 0.3) is 0 Å². The summed E-state index contributed by atoms with van der Waals surface area (Å²) in [7, 11) is -3.97. The third kappa shape index (κ3) is 5.16. The molecule has 0 radical (unpaired) electrons. The van der Waals surface area contributed by atoms with Crippen molar-refractivity contribution in [3.63, 3.8) is 0 Å². The number of carbonyl (C=O) groups excluding carboxylic acids is 1. The van der Waals surface area contributed by atoms with Gasteiger partial charge in [0, 0.05) is 12.3 Å². The van der Waals surface area contributed by atoms with Crippen LogP contribution in [0.15, 0.2) is 21.9 Å². The van der Waals surface area contributed by atoms with Gasteiger partial charge in [-0.25, -0.2) is 9.36 Å². The predicted molar refractivity (Wildman–Crippen MR) is 107 cm³/mol. The zero-order valence-electron chi connectivity index (χ0n) is 17.8. The van der Waals surface area contributed by atoms with E-state index in [9.17, 15) is 18.9 Å². The van der Waals surface area contributed by atoms with Crippen molar-refractivity contribution >= 4 is 13.8 Å². The first-order valence-electron chi connectivity index (χ1n) is 9.97. The number of H-pyrrole nitrogens is 1. The van der Waals surface area contributed by atoms with Gasteiger partial charge in [0.05, 0.1) is 30.8 Å². The number of nitrogens with one attached hydrogen (secondary N) is 1. The molecule has 6 atom stereocenters. The Morgan fingerprint density at radius 2 is 2.13 bits per heavy atom. The quantitative estimate of drug-likeness (QED) is 0.436. The average Bonchev–Trinajstić information content (AvgIpc) is 2.91. The Morgan fingerprint density at radius 1 is 1.42 bits per heavy atom. The van der Waals surface area contributed by atoms with Gasteiger partial charge in [0.25, 0.3) is 5.56 Å². The van der Waals surface area contributed by atoms with Crippen LogP contribution < -0.4 is 17.0 Å². The molecule has 0 aliphatic carbocycles. The molecule has 1 aromatic rings. The van der Waals surface area contributed by atoms with Crippen molar-refractivity contribution in [3.05, 3.63) is 33.1 Å². The SMILES string of the molecule is CC(C)OC(=O)C(C)CCO[P@@]1(=O)OC[C@H]2O[C@@H](n3ccc(=O)[nH]c3=O)[C@](C)(N)[C@@H]2O1. The molecule has 13 heteroatoms. The summed E-state index contributed by atoms with van der Waals surface area (Å²) in [5.41, 5.74) is 3.86. The van der Waals surface area contributed by atoms with Crippen LogP contribution in [0.5, 0.6) is 0 Å². The van der Waals surface area contributed by atoms with E-state index >= 15 is 0 Å². The van der Waals surface area contributed by atoms with E-state index in [1.807, 2.05) is 0 Å². The van der Waals surface area contributed by atoms with Crippen molar-refractivity contribution < 1.29 is 32.4 Å². The highest BCUT2D eigenvalue weighted by molar-refractivity contribution is 7.48. The molecule has 3 rings (SSSR count). The molecule has 2 saturated heterocycles. The Labute approximate surface area is 178 Å². The van der Waals surface area contributed by atoms with Gasteiger partial charge in [-0.2, -0.15) is 0 Å². The molecule has 31 heavy (non-hydrogen) atoms. The lowest BCUT2D eigenvalue weighted by molar-refractivity contribution is -0.152. The number of phosphoric acid groups is 1. The van der Waals surface area contributed by atoms with E-state index in [1.54, 1.807) is 27.7 Å². The van der Waals surface area contributed by atoms with Crippen LogP contribution >= 0.6 is 7.82 Å². The molecule has 3 heterocycles. The van der Waals surface area contributed by atoms with Crippen LogP contribution in [0, 0.1) is 5.92 Å². The normalized spacial score (nSPS) is 33.8. The van der Waals surface area contributed by atoms with Crippen molar-refractivity contribution in [2.24, 2.45) is 11.7 Å². The summed E-state index contributed by atoms with van der Waals surface area (Å²) in [6.45, 7) is 6.57. The van der Waals surface area contributed by atoms with Crippen molar-refractivity contribution in [2.45, 2.75) is 64.2 Å². The van der Waals surface area contributed by atoms with Gasteiger partial charge in [-0.15, -0.1) is 0 Å². The smallest absolute Gasteiger partial charge is 0.463 e. The number of aromatic nitrogens is 2. The summed E-state index contributed by atoms with van der Waals surface area (Å²) in [6, 6.07) is 1.17. The van der Waals surface area contributed by atoms with E-state index in [2.05, 4.69) is 4.98 Å². The maximum absolute atomic E-state index is 12.9. The molecule has 0 aromatic carbocycles. The van der Waals surface area contributed by atoms with Gasteiger partial charge in [0.15, 0.2) is 6.23 Å². The van der Waals surface area contributed by atoms with E-state index in [0.717, 1.165) is 4.57 Å². The first-order chi connectivity index (χ1) is 14.4. The summed E-state index contributed by atoms with van der Waals surface area (Å²) in [6.07, 6.45) is -1.31. The number of esters is 1. The highest BCUT2D eigenvalue weighted by Crippen LogP contribution is 2.58. The Balaban J connectivity index is 1.65. The second-order valence-electron chi connectivity index (χ2n) is 8.19. The summed E-state index contributed by atoms with van der Waals surface area (Å²) in [5.74, 6) is -0.840. The maximum atomic E-state index is 12.9. The monoisotopic (exact) mass is 461 g/mol. The number of nitrogens with zero attached hydrogens (tertiary/aromatic N) is 1. The number of phosphoric ester groups is 1. The van der Waals surface area contributed by atoms with Gasteiger partial charge < -0.3 is 15.2 Å². The first kappa shape index (κ1) is 23.8. The summed E-state index contributed by atoms with van der Waals surface area (Å²) in [4.78, 5) is 37.5. The molecule has 2 fully saturated rings. The van der Waals surface area contributed by atoms with Crippen molar-refractivity contribution in [3.8, 4) is 0 Å². The zero-order chi connectivity index (χ0) is 23.0. The van der Waals surface area contributed by atoms with Crippen LogP contribution in [-0.4, -0.2) is 52.6 Å². The van der Waals surface area contributed by atoms with Crippen LogP contribution in [0.2, 0.25) is 0 Å². The van der Waals surface area contributed by atoms with E-state index in [-0.39, 0.29) is 31.7 Å². The minimum atomic E-state index is -3.97. The van der Waals surface area contributed by atoms with Crippen LogP contribution in [0.4, 0.5) is 0 Å². The number of nitrogens with two attached hydrogens (primary N) is 1. The highest BCUT2D eigenvalue weighted by Gasteiger charge is 2.59. The molecule has 12 nitrogen and oxygen atoms in total. The lowest BCUT2D eigenvalue weighted by Gasteiger charge is -2.35. The third-order valence-electron chi connectivity index (χ3n) is 5.08. The Bertz CT molecular complexity index is 973. The zero-order valence-corrected chi connectivity index (χ0v) is 18.7. The molecule has 0 bridgehead atoms. The van der Waals surface area contributed by atoms with Gasteiger partial charge in [-0.3, -0.25) is 32.7 Å². The standard InChI is InChI=1S/C18H28N3O9P/c1-10(2)28-15(23)11(3)6-8-26-31(25)27-9-12-14(30-31)18(4,19)16(29-12)21-7-5-13(22)20-17(21)24/h5,7,10-12,14,16H,6,8-9,19H2,1-4H3,(H,20,22,24)/t11?,12-,14-,16-,18-,31+/m1/s1. The lowest BCUT2D eigenvalue weighted by Crippen LogP contribution is -2.55. The van der Waals surface area contributed by atoms with Gasteiger partial charge in [0.2, 0.25) is 0 Å². The van der Waals surface area contributed by atoms with Crippen molar-refractivity contribution in [2.75, 3.05) is 13.2 Å². The number of carbonyl (C=O) groups is 1. The molecule has 2 aliphatic heterocycles. The molecule has 0 spiro atoms. The number of fused-ring (bicyclic) bond motifs is 1. The van der Waals surface area contributed by atoms with Crippen LogP contribution in [-0.2, 0) is 32.4 Å². The Kier molecular flexibility index (Phi) is 6.90. The fraction of sp³-hybridized carbons (Fsp3) is 0.722. The first-order valence-corrected chi connectivity index (χ1v) is 11.4. The predicted octanol–water partition coefficient (Wildman–Crippen LogP) is 0.669. The van der Waals surface area contributed by atoms with Gasteiger partial charge in [-0.1, -0.05) is 6.92 Å². The number of ether oxygens (including phenoxy) is 2. The molecule has 174 valence electrons. The maximum Gasteiger partial charge on any atom is 0.475 e. The van der Waals surface area contributed by atoms with Crippen molar-refractivity contribution in [1.29, 1.82) is 0 Å². The van der Waals surface area contributed by atoms with Crippen molar-refractivity contribution in [1.82, 2.24) is 9.55 Å². The highest BCUT2D eigenvalue weighted by atomic mass is 31.2. The second-order valence-corrected chi connectivity index (χ2v) is 9.81. The Morgan fingerprint density at radius 3 is 2.77 bits per heavy atom. The molecular formula is C18H28N3O9P. The molecule has 0 amide bonds. The largest absolute Gasteiger partial charge is 0.475 e. The van der Waals surface area contributed by atoms with E-state index < -0.39 is 49.0 Å². The van der Waals surface area contributed by atoms with Crippen LogP contribution in [0.1, 0.15) is 40.3 Å². The number of hydrogen-bond donors (Lipinski definition) is 2. The summed E-state index contributed by atoms with van der Waals surface area (Å²) in [5, 5.41) is 0. The van der Waals surface area contributed by atoms with Gasteiger partial charge in [-0.05, 0) is 27.2 Å². The molecule has 2 aliphatic rings. The Hall–Kier alpha value is -1.82. The summed E-state index contributed by atoms with van der Waals surface area (Å²) >= 11 is 0. The van der Waals surface area contributed by atoms with Gasteiger partial charge in [0.1, 0.15) is 12.2 Å². The lowest BCUT2D eigenvalue weighted by atomic mass is 9.93. The van der Waals surface area contributed by atoms with Crippen LogP contribution in [0.3, 0.4) is 0 Å². The molecule has 1 aromatic heterocycles. The molecule has 3 N–H and O–H groups in total. The van der Waals surface area contributed by atoms with E-state index in [0.29, 0.717) is 0 Å². The molecule has 1 unspecified atom stereocenters. The van der Waals surface area contributed by atoms with E-state index in [1.165, 1.54) is 12.3 Å². The number of hydrogen-bond acceptors (Lipinski definition) is 10. The minimum Gasteiger partial charge on any atom is -0.463 e. The third-order valence-corrected chi connectivity index (χ3v) is 6.53. The number of aromatic amines is 1. The minimum absolute atomic E-state index is 0.0615. The fourth-order valence-corrected chi connectivity index (χ4v) is 4.92. The second kappa shape index (κ2) is 8.97. The number of rotatable bonds is 7. The topological polar surface area (TPSA) is 161 Å². The summed E-state index contributed by atoms with van der Waals surface area (Å²) < 4.78 is 41.2. The molecular weight excluding hydrogens is 433 g/mol. The average molecular weight is 461 g/mol. The van der Waals surface area contributed by atoms with Gasteiger partial charge >= 0.3 is 19.5 Å². The van der Waals surface area contributed by atoms with E-state index in [4.69, 9.17) is 28.8 Å².